The van der Waals surface area contributed by atoms with E-state index in [2.05, 4.69) is 48.9 Å². The van der Waals surface area contributed by atoms with Gasteiger partial charge in [-0.15, -0.1) is 23.5 Å². The van der Waals surface area contributed by atoms with Crippen molar-refractivity contribution in [3.8, 4) is 0 Å². The Morgan fingerprint density at radius 1 is 1.17 bits per heavy atom. The zero-order chi connectivity index (χ0) is 16.5. The number of benzene rings is 1. The van der Waals surface area contributed by atoms with Crippen LogP contribution in [0, 0.1) is 0 Å². The van der Waals surface area contributed by atoms with Gasteiger partial charge in [0.1, 0.15) is 5.84 Å². The van der Waals surface area contributed by atoms with Crippen LogP contribution in [0.4, 0.5) is 5.69 Å². The second-order valence-corrected chi connectivity index (χ2v) is 7.80. The van der Waals surface area contributed by atoms with E-state index in [1.165, 1.54) is 22.6 Å². The highest BCUT2D eigenvalue weighted by molar-refractivity contribution is 8.00. The lowest BCUT2D eigenvalue weighted by molar-refractivity contribution is 0.561. The molecule has 3 nitrogen and oxygen atoms in total. The van der Waals surface area contributed by atoms with Crippen LogP contribution in [-0.2, 0) is 0 Å². The normalized spacial score (nSPS) is 15.3. The van der Waals surface area contributed by atoms with Crippen LogP contribution in [0.5, 0.6) is 0 Å². The van der Waals surface area contributed by atoms with Gasteiger partial charge in [0.05, 0.1) is 12.0 Å². The minimum atomic E-state index is 0.935. The number of amidine groups is 1. The Labute approximate surface area is 149 Å². The van der Waals surface area contributed by atoms with E-state index in [1.54, 1.807) is 0 Å². The summed E-state index contributed by atoms with van der Waals surface area (Å²) in [5.41, 5.74) is 1.14. The van der Waals surface area contributed by atoms with E-state index in [9.17, 15) is 0 Å². The lowest BCUT2D eigenvalue weighted by Crippen LogP contribution is -2.31. The average Bonchev–Trinajstić information content (AvgIpc) is 2.60. The quantitative estimate of drug-likeness (QED) is 0.371. The largest absolute Gasteiger partial charge is 0.321 e. The maximum Gasteiger partial charge on any atom is 0.107 e. The summed E-state index contributed by atoms with van der Waals surface area (Å²) in [6, 6.07) is 6.56. The van der Waals surface area contributed by atoms with E-state index < -0.39 is 0 Å². The van der Waals surface area contributed by atoms with Gasteiger partial charge in [0.15, 0.2) is 0 Å². The van der Waals surface area contributed by atoms with Crippen LogP contribution in [0.15, 0.2) is 38.0 Å². The molecule has 1 aliphatic rings. The fraction of sp³-hybridized carbons (Fsp3) is 0.556. The molecule has 0 spiro atoms. The average molecular weight is 350 g/mol. The summed E-state index contributed by atoms with van der Waals surface area (Å²) in [5, 5.41) is 0. The van der Waals surface area contributed by atoms with Gasteiger partial charge in [0, 0.05) is 22.9 Å². The summed E-state index contributed by atoms with van der Waals surface area (Å²) >= 11 is 3.82. The fourth-order valence-corrected chi connectivity index (χ4v) is 4.13. The molecular weight excluding hydrogens is 322 g/mol. The third-order valence-corrected chi connectivity index (χ3v) is 5.99. The van der Waals surface area contributed by atoms with Gasteiger partial charge < -0.3 is 4.90 Å². The van der Waals surface area contributed by atoms with Gasteiger partial charge in [-0.25, -0.2) is 4.99 Å². The second-order valence-electron chi connectivity index (χ2n) is 5.53. The number of hydrogen-bond donors (Lipinski definition) is 0. The van der Waals surface area contributed by atoms with Crippen molar-refractivity contribution >= 4 is 41.4 Å². The van der Waals surface area contributed by atoms with E-state index in [1.807, 2.05) is 29.9 Å². The number of nitrogens with zero attached hydrogens (tertiary/aromatic N) is 3. The van der Waals surface area contributed by atoms with Crippen LogP contribution in [0.3, 0.4) is 0 Å². The highest BCUT2D eigenvalue weighted by atomic mass is 32.2. The SMILES string of the molecule is CCCSc1cccc(SCCC)c1/N=C(\C)N1C=NCCC1. The second kappa shape index (κ2) is 10.0. The molecule has 2 rings (SSSR count). The topological polar surface area (TPSA) is 28.0 Å². The highest BCUT2D eigenvalue weighted by Crippen LogP contribution is 2.39. The molecule has 5 heteroatoms. The van der Waals surface area contributed by atoms with E-state index in [4.69, 9.17) is 4.99 Å². The summed E-state index contributed by atoms with van der Waals surface area (Å²) in [4.78, 5) is 14.1. The van der Waals surface area contributed by atoms with Crippen molar-refractivity contribution in [2.45, 2.75) is 49.8 Å². The van der Waals surface area contributed by atoms with Gasteiger partial charge in [-0.3, -0.25) is 4.99 Å². The molecule has 1 aliphatic heterocycles. The Morgan fingerprint density at radius 2 is 1.83 bits per heavy atom. The molecular formula is C18H27N3S2. The molecule has 0 N–H and O–H groups in total. The standard InChI is InChI=1S/C18H27N3S2/c1-4-12-22-16-8-6-9-17(23-13-5-2)18(16)20-15(3)21-11-7-10-19-14-21/h6,8-9,14H,4-5,7,10-13H2,1-3H3/b20-15+. The Morgan fingerprint density at radius 3 is 2.35 bits per heavy atom. The fourth-order valence-electron chi connectivity index (χ4n) is 2.29. The number of thioether (sulfide) groups is 2. The van der Waals surface area contributed by atoms with Gasteiger partial charge in [-0.1, -0.05) is 19.9 Å². The van der Waals surface area contributed by atoms with E-state index in [0.717, 1.165) is 42.5 Å². The van der Waals surface area contributed by atoms with Crippen molar-refractivity contribution < 1.29 is 0 Å². The van der Waals surface area contributed by atoms with Crippen molar-refractivity contribution in [3.05, 3.63) is 18.2 Å². The molecule has 0 aliphatic carbocycles. The summed E-state index contributed by atoms with van der Waals surface area (Å²) in [6.45, 7) is 8.49. The van der Waals surface area contributed by atoms with Gasteiger partial charge in [0.2, 0.25) is 0 Å². The van der Waals surface area contributed by atoms with Crippen LogP contribution in [-0.4, -0.2) is 41.7 Å². The third-order valence-electron chi connectivity index (χ3n) is 3.48. The van der Waals surface area contributed by atoms with Gasteiger partial charge in [-0.2, -0.15) is 0 Å². The molecule has 0 amide bonds. The van der Waals surface area contributed by atoms with Crippen molar-refractivity contribution in [2.24, 2.45) is 9.98 Å². The number of para-hydroxylation sites is 1. The minimum absolute atomic E-state index is 0.935. The zero-order valence-electron chi connectivity index (χ0n) is 14.4. The van der Waals surface area contributed by atoms with Gasteiger partial charge in [-0.05, 0) is 49.8 Å². The van der Waals surface area contributed by atoms with Crippen molar-refractivity contribution in [2.75, 3.05) is 24.6 Å². The molecule has 0 aromatic heterocycles. The van der Waals surface area contributed by atoms with Crippen LogP contribution in [0.2, 0.25) is 0 Å². The molecule has 1 aromatic carbocycles. The van der Waals surface area contributed by atoms with Gasteiger partial charge in [0.25, 0.3) is 0 Å². The van der Waals surface area contributed by atoms with Crippen molar-refractivity contribution in [1.82, 2.24) is 4.90 Å². The zero-order valence-corrected chi connectivity index (χ0v) is 16.1. The first kappa shape index (κ1) is 18.4. The third kappa shape index (κ3) is 5.57. The molecule has 0 saturated heterocycles. The molecule has 0 saturated carbocycles. The van der Waals surface area contributed by atoms with Crippen molar-refractivity contribution in [1.29, 1.82) is 0 Å². The number of rotatable bonds is 7. The van der Waals surface area contributed by atoms with Gasteiger partial charge >= 0.3 is 0 Å². The molecule has 0 radical (unpaired) electrons. The molecule has 0 bridgehead atoms. The van der Waals surface area contributed by atoms with E-state index in [-0.39, 0.29) is 0 Å². The molecule has 126 valence electrons. The first-order valence-corrected chi connectivity index (χ1v) is 10.4. The van der Waals surface area contributed by atoms with Crippen LogP contribution < -0.4 is 0 Å². The lowest BCUT2D eigenvalue weighted by Gasteiger charge is -2.22. The maximum absolute atomic E-state index is 5.00. The molecule has 0 unspecified atom stereocenters. The highest BCUT2D eigenvalue weighted by Gasteiger charge is 2.12. The Bertz CT molecular complexity index is 529. The first-order valence-electron chi connectivity index (χ1n) is 8.46. The van der Waals surface area contributed by atoms with E-state index in [0.29, 0.717) is 0 Å². The summed E-state index contributed by atoms with van der Waals surface area (Å²) in [6.07, 6.45) is 5.39. The van der Waals surface area contributed by atoms with Crippen LogP contribution in [0.25, 0.3) is 0 Å². The van der Waals surface area contributed by atoms with Crippen LogP contribution >= 0.6 is 23.5 Å². The number of aliphatic imine (C=N–C) groups is 2. The Kier molecular flexibility index (Phi) is 8.03. The lowest BCUT2D eigenvalue weighted by atomic mass is 10.3. The van der Waals surface area contributed by atoms with E-state index >= 15 is 0 Å². The minimum Gasteiger partial charge on any atom is -0.321 e. The summed E-state index contributed by atoms with van der Waals surface area (Å²) in [7, 11) is 0. The predicted molar refractivity (Wildman–Crippen MR) is 106 cm³/mol. The number of hydrogen-bond acceptors (Lipinski definition) is 4. The first-order chi connectivity index (χ1) is 11.3. The molecule has 23 heavy (non-hydrogen) atoms. The summed E-state index contributed by atoms with van der Waals surface area (Å²) in [5.74, 6) is 3.31. The molecule has 1 aromatic rings. The monoisotopic (exact) mass is 349 g/mol. The Hall–Kier alpha value is -0.940. The maximum atomic E-state index is 5.00. The predicted octanol–water partition coefficient (Wildman–Crippen LogP) is 5.47. The van der Waals surface area contributed by atoms with Crippen LogP contribution in [0.1, 0.15) is 40.0 Å². The smallest absolute Gasteiger partial charge is 0.107 e. The molecule has 0 fully saturated rings. The van der Waals surface area contributed by atoms with Crippen molar-refractivity contribution in [3.63, 3.8) is 0 Å². The summed E-state index contributed by atoms with van der Waals surface area (Å²) < 4.78 is 0. The molecule has 0 atom stereocenters. The molecule has 1 heterocycles. The Balaban J connectivity index is 2.31.